The standard InChI is InChI=1S/C12H6BrCl2F2NO3/c13-9-2-1-8(20-9)11(19)18-5-3-6(14)10(7(15)4-5)21-12(16)17/h1-4,12H,(H,18,19). The van der Waals surface area contributed by atoms with Crippen LogP contribution in [0.5, 0.6) is 5.75 Å². The van der Waals surface area contributed by atoms with E-state index in [1.807, 2.05) is 0 Å². The minimum atomic E-state index is -3.05. The number of carbonyl (C=O) groups excluding carboxylic acids is 1. The Hall–Kier alpha value is -1.31. The molecule has 2 rings (SSSR count). The molecule has 112 valence electrons. The molecule has 0 aliphatic heterocycles. The number of halogens is 5. The fourth-order valence-electron chi connectivity index (χ4n) is 1.46. The summed E-state index contributed by atoms with van der Waals surface area (Å²) in [6.07, 6.45) is 0. The fraction of sp³-hybridized carbons (Fsp3) is 0.0833. The molecule has 21 heavy (non-hydrogen) atoms. The zero-order chi connectivity index (χ0) is 15.6. The summed E-state index contributed by atoms with van der Waals surface area (Å²) in [6, 6.07) is 5.48. The minimum absolute atomic E-state index is 0.0574. The van der Waals surface area contributed by atoms with Crippen LogP contribution >= 0.6 is 39.1 Å². The quantitative estimate of drug-likeness (QED) is 0.767. The molecule has 1 heterocycles. The van der Waals surface area contributed by atoms with E-state index in [1.165, 1.54) is 18.2 Å². The molecule has 0 unspecified atom stereocenters. The number of hydrogen-bond donors (Lipinski definition) is 1. The van der Waals surface area contributed by atoms with Crippen molar-refractivity contribution >= 4 is 50.7 Å². The summed E-state index contributed by atoms with van der Waals surface area (Å²) in [5.41, 5.74) is 0.212. The molecule has 0 fully saturated rings. The van der Waals surface area contributed by atoms with Gasteiger partial charge in [-0.2, -0.15) is 8.78 Å². The van der Waals surface area contributed by atoms with Crippen molar-refractivity contribution in [3.63, 3.8) is 0 Å². The highest BCUT2D eigenvalue weighted by molar-refractivity contribution is 9.10. The number of benzene rings is 1. The van der Waals surface area contributed by atoms with E-state index in [1.54, 1.807) is 6.07 Å². The van der Waals surface area contributed by atoms with Gasteiger partial charge >= 0.3 is 6.61 Å². The van der Waals surface area contributed by atoms with Gasteiger partial charge in [0.05, 0.1) is 10.0 Å². The smallest absolute Gasteiger partial charge is 0.387 e. The highest BCUT2D eigenvalue weighted by Crippen LogP contribution is 2.37. The number of hydrogen-bond acceptors (Lipinski definition) is 3. The molecule has 1 aromatic carbocycles. The van der Waals surface area contributed by atoms with E-state index in [9.17, 15) is 13.6 Å². The lowest BCUT2D eigenvalue weighted by Gasteiger charge is -2.11. The number of carbonyl (C=O) groups is 1. The maximum Gasteiger partial charge on any atom is 0.387 e. The largest absolute Gasteiger partial charge is 0.444 e. The normalized spacial score (nSPS) is 10.8. The van der Waals surface area contributed by atoms with Gasteiger partial charge in [0, 0.05) is 5.69 Å². The molecule has 0 bridgehead atoms. The number of alkyl halides is 2. The van der Waals surface area contributed by atoms with Gasteiger partial charge in [-0.05, 0) is 40.2 Å². The zero-order valence-corrected chi connectivity index (χ0v) is 13.1. The predicted octanol–water partition coefficient (Wildman–Crippen LogP) is 5.20. The first-order valence-electron chi connectivity index (χ1n) is 5.37. The maximum atomic E-state index is 12.2. The van der Waals surface area contributed by atoms with E-state index >= 15 is 0 Å². The van der Waals surface area contributed by atoms with E-state index in [0.717, 1.165) is 0 Å². The molecule has 0 radical (unpaired) electrons. The lowest BCUT2D eigenvalue weighted by molar-refractivity contribution is -0.0497. The first kappa shape index (κ1) is 16.1. The summed E-state index contributed by atoms with van der Waals surface area (Å²) in [6.45, 7) is -3.05. The zero-order valence-electron chi connectivity index (χ0n) is 10.0. The number of amides is 1. The van der Waals surface area contributed by atoms with Gasteiger partial charge in [-0.1, -0.05) is 23.2 Å². The molecule has 0 spiro atoms. The van der Waals surface area contributed by atoms with Crippen molar-refractivity contribution in [1.29, 1.82) is 0 Å². The molecule has 2 aromatic rings. The fourth-order valence-corrected chi connectivity index (χ4v) is 2.35. The second-order valence-electron chi connectivity index (χ2n) is 3.71. The molecule has 1 aromatic heterocycles. The highest BCUT2D eigenvalue weighted by Gasteiger charge is 2.16. The topological polar surface area (TPSA) is 51.5 Å². The monoisotopic (exact) mass is 399 g/mol. The molecule has 4 nitrogen and oxygen atoms in total. The van der Waals surface area contributed by atoms with Crippen LogP contribution in [-0.2, 0) is 0 Å². The molecular formula is C12H6BrCl2F2NO3. The van der Waals surface area contributed by atoms with Crippen molar-refractivity contribution < 1.29 is 22.7 Å². The average molecular weight is 401 g/mol. The SMILES string of the molecule is O=C(Nc1cc(Cl)c(OC(F)F)c(Cl)c1)c1ccc(Br)o1. The Labute approximate surface area is 136 Å². The molecule has 0 atom stereocenters. The average Bonchev–Trinajstić information content (AvgIpc) is 2.80. The second kappa shape index (κ2) is 6.64. The van der Waals surface area contributed by atoms with Gasteiger partial charge in [0.25, 0.3) is 5.91 Å². The summed E-state index contributed by atoms with van der Waals surface area (Å²) in [5, 5.41) is 2.16. The minimum Gasteiger partial charge on any atom is -0.444 e. The Morgan fingerprint density at radius 1 is 1.29 bits per heavy atom. The predicted molar refractivity (Wildman–Crippen MR) is 77.5 cm³/mol. The number of nitrogens with one attached hydrogen (secondary N) is 1. The van der Waals surface area contributed by atoms with Crippen molar-refractivity contribution in [2.45, 2.75) is 6.61 Å². The van der Waals surface area contributed by atoms with Crippen LogP contribution in [0.25, 0.3) is 0 Å². The molecule has 9 heteroatoms. The summed E-state index contributed by atoms with van der Waals surface area (Å²) in [4.78, 5) is 11.8. The summed E-state index contributed by atoms with van der Waals surface area (Å²) in [7, 11) is 0. The van der Waals surface area contributed by atoms with Crippen LogP contribution in [0.15, 0.2) is 33.4 Å². The number of furan rings is 1. The van der Waals surface area contributed by atoms with Crippen LogP contribution < -0.4 is 10.1 Å². The molecule has 1 amide bonds. The Kier molecular flexibility index (Phi) is 5.08. The molecule has 1 N–H and O–H groups in total. The van der Waals surface area contributed by atoms with Gasteiger partial charge in [0.1, 0.15) is 0 Å². The Morgan fingerprint density at radius 3 is 2.38 bits per heavy atom. The van der Waals surface area contributed by atoms with Crippen LogP contribution in [0, 0.1) is 0 Å². The number of rotatable bonds is 4. The third kappa shape index (κ3) is 4.09. The van der Waals surface area contributed by atoms with E-state index in [0.29, 0.717) is 4.67 Å². The van der Waals surface area contributed by atoms with Gasteiger partial charge < -0.3 is 14.5 Å². The van der Waals surface area contributed by atoms with Crippen molar-refractivity contribution in [2.75, 3.05) is 5.32 Å². The molecule has 0 aliphatic rings. The third-order valence-corrected chi connectivity index (χ3v) is 3.25. The van der Waals surface area contributed by atoms with Crippen LogP contribution in [0.3, 0.4) is 0 Å². The molecule has 0 saturated carbocycles. The lowest BCUT2D eigenvalue weighted by atomic mass is 10.3. The first-order chi connectivity index (χ1) is 9.86. The number of ether oxygens (including phenoxy) is 1. The lowest BCUT2D eigenvalue weighted by Crippen LogP contribution is -2.11. The Bertz CT molecular complexity index is 655. The van der Waals surface area contributed by atoms with Crippen molar-refractivity contribution in [3.8, 4) is 5.75 Å². The van der Waals surface area contributed by atoms with E-state index < -0.39 is 12.5 Å². The maximum absolute atomic E-state index is 12.2. The van der Waals surface area contributed by atoms with Gasteiger partial charge in [-0.15, -0.1) is 0 Å². The van der Waals surface area contributed by atoms with E-state index in [4.69, 9.17) is 27.6 Å². The van der Waals surface area contributed by atoms with Crippen molar-refractivity contribution in [2.24, 2.45) is 0 Å². The van der Waals surface area contributed by atoms with E-state index in [2.05, 4.69) is 26.0 Å². The van der Waals surface area contributed by atoms with Gasteiger partial charge in [-0.3, -0.25) is 4.79 Å². The Morgan fingerprint density at radius 2 is 1.90 bits per heavy atom. The van der Waals surface area contributed by atoms with Crippen LogP contribution in [-0.4, -0.2) is 12.5 Å². The number of anilines is 1. The molecular weight excluding hydrogens is 395 g/mol. The third-order valence-electron chi connectivity index (χ3n) is 2.26. The summed E-state index contributed by atoms with van der Waals surface area (Å²) >= 11 is 14.6. The van der Waals surface area contributed by atoms with Crippen molar-refractivity contribution in [1.82, 2.24) is 0 Å². The summed E-state index contributed by atoms with van der Waals surface area (Å²) < 4.78 is 34.0. The van der Waals surface area contributed by atoms with Crippen LogP contribution in [0.4, 0.5) is 14.5 Å². The van der Waals surface area contributed by atoms with Gasteiger partial charge in [-0.25, -0.2) is 0 Å². The van der Waals surface area contributed by atoms with Crippen molar-refractivity contribution in [3.05, 3.63) is 44.7 Å². The van der Waals surface area contributed by atoms with Gasteiger partial charge in [0.15, 0.2) is 16.2 Å². The van der Waals surface area contributed by atoms with Crippen LogP contribution in [0.1, 0.15) is 10.6 Å². The Balaban J connectivity index is 2.20. The summed E-state index contributed by atoms with van der Waals surface area (Å²) in [5.74, 6) is -0.843. The van der Waals surface area contributed by atoms with E-state index in [-0.39, 0.29) is 27.2 Å². The van der Waals surface area contributed by atoms with Gasteiger partial charge in [0.2, 0.25) is 0 Å². The second-order valence-corrected chi connectivity index (χ2v) is 5.30. The molecule has 0 aliphatic carbocycles. The van der Waals surface area contributed by atoms with Crippen LogP contribution in [0.2, 0.25) is 10.0 Å². The first-order valence-corrected chi connectivity index (χ1v) is 6.92. The highest BCUT2D eigenvalue weighted by atomic mass is 79.9. The molecule has 0 saturated heterocycles.